The summed E-state index contributed by atoms with van der Waals surface area (Å²) in [6, 6.07) is 4.99. The molecular formula is C15H17ClN2O5. The van der Waals surface area contributed by atoms with Gasteiger partial charge in [-0.3, -0.25) is 4.79 Å². The van der Waals surface area contributed by atoms with E-state index in [0.717, 1.165) is 0 Å². The van der Waals surface area contributed by atoms with Crippen molar-refractivity contribution < 1.29 is 25.2 Å². The molecule has 0 saturated carbocycles. The number of aromatic hydroxyl groups is 4. The van der Waals surface area contributed by atoms with Crippen LogP contribution in [0.3, 0.4) is 0 Å². The van der Waals surface area contributed by atoms with Gasteiger partial charge in [-0.25, -0.2) is 0 Å². The Morgan fingerprint density at radius 1 is 0.783 bits per heavy atom. The Morgan fingerprint density at radius 3 is 1.43 bits per heavy atom. The molecule has 0 aliphatic carbocycles. The van der Waals surface area contributed by atoms with E-state index in [9.17, 15) is 25.2 Å². The molecule has 0 aromatic heterocycles. The highest BCUT2D eigenvalue weighted by Crippen LogP contribution is 2.35. The van der Waals surface area contributed by atoms with Crippen LogP contribution in [-0.2, 0) is 13.1 Å². The zero-order chi connectivity index (χ0) is 16.4. The number of halogens is 1. The van der Waals surface area contributed by atoms with E-state index < -0.39 is 17.3 Å². The van der Waals surface area contributed by atoms with Crippen molar-refractivity contribution >= 4 is 18.2 Å². The fourth-order valence-corrected chi connectivity index (χ4v) is 2.23. The van der Waals surface area contributed by atoms with E-state index in [4.69, 9.17) is 11.5 Å². The summed E-state index contributed by atoms with van der Waals surface area (Å²) in [6.07, 6.45) is 0. The lowest BCUT2D eigenvalue weighted by Crippen LogP contribution is -2.13. The molecule has 0 amide bonds. The smallest absolute Gasteiger partial charge is 0.193 e. The largest absolute Gasteiger partial charge is 0.504 e. The molecular weight excluding hydrogens is 324 g/mol. The molecule has 0 aliphatic heterocycles. The molecule has 7 nitrogen and oxygen atoms in total. The number of nitrogens with two attached hydrogens (primary N) is 2. The van der Waals surface area contributed by atoms with Crippen LogP contribution in [0.4, 0.5) is 0 Å². The summed E-state index contributed by atoms with van der Waals surface area (Å²) in [5.74, 6) is -2.24. The monoisotopic (exact) mass is 340 g/mol. The van der Waals surface area contributed by atoms with Crippen LogP contribution in [0.2, 0.25) is 0 Å². The van der Waals surface area contributed by atoms with Gasteiger partial charge in [-0.15, -0.1) is 12.4 Å². The fourth-order valence-electron chi connectivity index (χ4n) is 2.23. The van der Waals surface area contributed by atoms with Gasteiger partial charge in [-0.2, -0.15) is 0 Å². The van der Waals surface area contributed by atoms with Crippen molar-refractivity contribution in [3.05, 3.63) is 46.5 Å². The first-order chi connectivity index (χ1) is 10.4. The van der Waals surface area contributed by atoms with Crippen molar-refractivity contribution in [1.29, 1.82) is 0 Å². The number of benzene rings is 2. The summed E-state index contributed by atoms with van der Waals surface area (Å²) >= 11 is 0. The van der Waals surface area contributed by atoms with E-state index in [1.165, 1.54) is 24.3 Å². The zero-order valence-corrected chi connectivity index (χ0v) is 12.8. The van der Waals surface area contributed by atoms with E-state index in [-0.39, 0.29) is 59.2 Å². The summed E-state index contributed by atoms with van der Waals surface area (Å²) < 4.78 is 0. The Bertz CT molecular complexity index is 688. The number of ketones is 1. The normalized spacial score (nSPS) is 10.2. The van der Waals surface area contributed by atoms with Crippen molar-refractivity contribution in [3.63, 3.8) is 0 Å². The Hall–Kier alpha value is -2.48. The second kappa shape index (κ2) is 7.19. The van der Waals surface area contributed by atoms with Gasteiger partial charge >= 0.3 is 0 Å². The van der Waals surface area contributed by atoms with Gasteiger partial charge in [0.05, 0.1) is 0 Å². The molecule has 0 heterocycles. The number of carbonyl (C=O) groups is 1. The molecule has 0 aliphatic rings. The maximum Gasteiger partial charge on any atom is 0.193 e. The van der Waals surface area contributed by atoms with Gasteiger partial charge in [0, 0.05) is 35.3 Å². The summed E-state index contributed by atoms with van der Waals surface area (Å²) in [5.41, 5.74) is 11.4. The second-order valence-electron chi connectivity index (χ2n) is 4.66. The molecule has 2 aromatic rings. The topological polar surface area (TPSA) is 150 Å². The van der Waals surface area contributed by atoms with Crippen molar-refractivity contribution in [3.8, 4) is 23.0 Å². The van der Waals surface area contributed by atoms with E-state index in [2.05, 4.69) is 0 Å². The lowest BCUT2D eigenvalue weighted by atomic mass is 9.93. The predicted octanol–water partition coefficient (Wildman–Crippen LogP) is 1.08. The molecule has 0 saturated heterocycles. The zero-order valence-electron chi connectivity index (χ0n) is 12.0. The first-order valence-electron chi connectivity index (χ1n) is 6.44. The van der Waals surface area contributed by atoms with Crippen LogP contribution in [0.5, 0.6) is 23.0 Å². The van der Waals surface area contributed by atoms with E-state index in [1.807, 2.05) is 0 Å². The van der Waals surface area contributed by atoms with Crippen LogP contribution in [0.25, 0.3) is 0 Å². The predicted molar refractivity (Wildman–Crippen MR) is 86.0 cm³/mol. The molecule has 23 heavy (non-hydrogen) atoms. The molecule has 8 heteroatoms. The molecule has 2 rings (SSSR count). The Labute approximate surface area is 138 Å². The van der Waals surface area contributed by atoms with Gasteiger partial charge in [0.25, 0.3) is 0 Å². The SMILES string of the molecule is Cl.NCc1c(C(=O)c2ccc(O)c(O)c2CN)ccc(O)c1O. The third-order valence-electron chi connectivity index (χ3n) is 3.42. The third-order valence-corrected chi connectivity index (χ3v) is 3.42. The van der Waals surface area contributed by atoms with E-state index in [0.29, 0.717) is 0 Å². The minimum Gasteiger partial charge on any atom is -0.504 e. The number of phenols is 4. The highest BCUT2D eigenvalue weighted by Gasteiger charge is 2.22. The van der Waals surface area contributed by atoms with Gasteiger partial charge in [0.15, 0.2) is 28.8 Å². The van der Waals surface area contributed by atoms with Crippen LogP contribution >= 0.6 is 12.4 Å². The molecule has 8 N–H and O–H groups in total. The minimum absolute atomic E-state index is 0. The van der Waals surface area contributed by atoms with Gasteiger partial charge in [0.1, 0.15) is 0 Å². The van der Waals surface area contributed by atoms with Crippen LogP contribution in [0.1, 0.15) is 27.0 Å². The van der Waals surface area contributed by atoms with Crippen LogP contribution in [0.15, 0.2) is 24.3 Å². The Kier molecular flexibility index (Phi) is 5.80. The van der Waals surface area contributed by atoms with Crippen molar-refractivity contribution in [1.82, 2.24) is 0 Å². The first-order valence-corrected chi connectivity index (χ1v) is 6.44. The maximum absolute atomic E-state index is 12.6. The highest BCUT2D eigenvalue weighted by atomic mass is 35.5. The standard InChI is InChI=1S/C15H16N2O5.ClH/c16-5-9-7(1-3-11(18)14(9)21)13(20)8-2-4-12(19)15(22)10(8)6-17;/h1-4,18-19,21-22H,5-6,16-17H2;1H. The van der Waals surface area contributed by atoms with Gasteiger partial charge in [0.2, 0.25) is 0 Å². The lowest BCUT2D eigenvalue weighted by Gasteiger charge is -2.13. The Morgan fingerprint density at radius 2 is 1.13 bits per heavy atom. The van der Waals surface area contributed by atoms with Crippen LogP contribution < -0.4 is 11.5 Å². The third kappa shape index (κ3) is 3.16. The number of hydrogen-bond acceptors (Lipinski definition) is 7. The van der Waals surface area contributed by atoms with E-state index >= 15 is 0 Å². The molecule has 0 bridgehead atoms. The molecule has 124 valence electrons. The molecule has 0 atom stereocenters. The van der Waals surface area contributed by atoms with Crippen LogP contribution in [0, 0.1) is 0 Å². The number of rotatable bonds is 4. The number of hydrogen-bond donors (Lipinski definition) is 6. The van der Waals surface area contributed by atoms with Gasteiger partial charge < -0.3 is 31.9 Å². The number of phenolic OH excluding ortho intramolecular Hbond substituents is 4. The molecule has 0 radical (unpaired) electrons. The minimum atomic E-state index is -0.536. The van der Waals surface area contributed by atoms with Crippen molar-refractivity contribution in [2.24, 2.45) is 11.5 Å². The molecule has 0 spiro atoms. The van der Waals surface area contributed by atoms with E-state index in [1.54, 1.807) is 0 Å². The van der Waals surface area contributed by atoms with Crippen molar-refractivity contribution in [2.75, 3.05) is 0 Å². The van der Waals surface area contributed by atoms with Crippen molar-refractivity contribution in [2.45, 2.75) is 13.1 Å². The summed E-state index contributed by atoms with van der Waals surface area (Å²) in [5, 5.41) is 38.6. The molecule has 2 aromatic carbocycles. The van der Waals surface area contributed by atoms with Gasteiger partial charge in [-0.05, 0) is 24.3 Å². The highest BCUT2D eigenvalue weighted by molar-refractivity contribution is 6.11. The molecule has 0 unspecified atom stereocenters. The quantitative estimate of drug-likeness (QED) is 0.360. The first kappa shape index (κ1) is 18.6. The fraction of sp³-hybridized carbons (Fsp3) is 0.133. The summed E-state index contributed by atoms with van der Waals surface area (Å²) in [7, 11) is 0. The second-order valence-corrected chi connectivity index (χ2v) is 4.66. The average Bonchev–Trinajstić information content (AvgIpc) is 2.51. The van der Waals surface area contributed by atoms with Gasteiger partial charge in [-0.1, -0.05) is 0 Å². The molecule has 0 fully saturated rings. The lowest BCUT2D eigenvalue weighted by molar-refractivity contribution is 0.103. The summed E-state index contributed by atoms with van der Waals surface area (Å²) in [6.45, 7) is -0.327. The summed E-state index contributed by atoms with van der Waals surface area (Å²) in [4.78, 5) is 12.6. The van der Waals surface area contributed by atoms with Crippen LogP contribution in [-0.4, -0.2) is 26.2 Å². The number of carbonyl (C=O) groups excluding carboxylic acids is 1. The maximum atomic E-state index is 12.6. The average molecular weight is 341 g/mol. The Balaban J connectivity index is 0.00000264.